The highest BCUT2D eigenvalue weighted by molar-refractivity contribution is 6.02. The molecule has 0 radical (unpaired) electrons. The summed E-state index contributed by atoms with van der Waals surface area (Å²) in [6, 6.07) is 11.2. The van der Waals surface area contributed by atoms with Crippen molar-refractivity contribution in [2.75, 3.05) is 19.0 Å². The van der Waals surface area contributed by atoms with E-state index in [1.165, 1.54) is 24.3 Å². The zero-order chi connectivity index (χ0) is 18.9. The maximum Gasteiger partial charge on any atom is 0.387 e. The molecule has 2 aromatic rings. The molecule has 2 rings (SSSR count). The molecule has 26 heavy (non-hydrogen) atoms. The van der Waals surface area contributed by atoms with Crippen molar-refractivity contribution in [3.63, 3.8) is 0 Å². The van der Waals surface area contributed by atoms with E-state index >= 15 is 0 Å². The molecule has 7 heteroatoms. The van der Waals surface area contributed by atoms with Crippen molar-refractivity contribution in [2.45, 2.75) is 13.5 Å². The minimum atomic E-state index is -2.97. The number of benzene rings is 2. The molecule has 138 valence electrons. The van der Waals surface area contributed by atoms with E-state index in [9.17, 15) is 13.6 Å². The number of hydrogen-bond acceptors (Lipinski definition) is 4. The zero-order valence-corrected chi connectivity index (χ0v) is 14.4. The first-order valence-electron chi connectivity index (χ1n) is 7.87. The van der Waals surface area contributed by atoms with Gasteiger partial charge in [-0.2, -0.15) is 8.78 Å². The summed E-state index contributed by atoms with van der Waals surface area (Å²) in [5, 5.41) is 2.51. The lowest BCUT2D eigenvalue weighted by molar-refractivity contribution is -0.111. The van der Waals surface area contributed by atoms with Crippen LogP contribution in [0, 0.1) is 0 Å². The van der Waals surface area contributed by atoms with Gasteiger partial charge in [0.1, 0.15) is 5.75 Å². The van der Waals surface area contributed by atoms with E-state index in [0.717, 1.165) is 5.56 Å². The first kappa shape index (κ1) is 19.2. The van der Waals surface area contributed by atoms with E-state index in [4.69, 9.17) is 9.47 Å². The van der Waals surface area contributed by atoms with Gasteiger partial charge in [-0.05, 0) is 42.8 Å². The third-order valence-corrected chi connectivity index (χ3v) is 3.28. The number of rotatable bonds is 8. The second-order valence-electron chi connectivity index (χ2n) is 5.04. The summed E-state index contributed by atoms with van der Waals surface area (Å²) in [5.74, 6) is 0.566. The van der Waals surface area contributed by atoms with Crippen LogP contribution in [0.1, 0.15) is 12.5 Å². The molecule has 5 nitrogen and oxygen atoms in total. The van der Waals surface area contributed by atoms with Crippen LogP contribution in [-0.4, -0.2) is 26.2 Å². The Balaban J connectivity index is 2.09. The smallest absolute Gasteiger partial charge is 0.387 e. The van der Waals surface area contributed by atoms with E-state index in [-0.39, 0.29) is 11.4 Å². The average molecular weight is 363 g/mol. The van der Waals surface area contributed by atoms with Crippen molar-refractivity contribution in [1.29, 1.82) is 0 Å². The van der Waals surface area contributed by atoms with Gasteiger partial charge in [0.15, 0.2) is 11.5 Å². The molecule has 0 aromatic heterocycles. The number of ether oxygens (including phenoxy) is 3. The molecule has 0 fully saturated rings. The fourth-order valence-electron chi connectivity index (χ4n) is 2.18. The number of anilines is 1. The number of alkyl halides is 2. The summed E-state index contributed by atoms with van der Waals surface area (Å²) in [6.07, 6.45) is 2.87. The maximum atomic E-state index is 12.4. The highest BCUT2D eigenvalue weighted by atomic mass is 19.3. The number of nitrogens with one attached hydrogen (secondary N) is 1. The molecule has 1 N–H and O–H groups in total. The van der Waals surface area contributed by atoms with Gasteiger partial charge in [0.2, 0.25) is 5.91 Å². The molecule has 0 aliphatic rings. The highest BCUT2D eigenvalue weighted by Crippen LogP contribution is 2.29. The lowest BCUT2D eigenvalue weighted by atomic mass is 10.2. The van der Waals surface area contributed by atoms with Gasteiger partial charge in [0, 0.05) is 6.08 Å². The molecule has 0 aliphatic carbocycles. The monoisotopic (exact) mass is 363 g/mol. The Labute approximate surface area is 150 Å². The Morgan fingerprint density at radius 2 is 1.92 bits per heavy atom. The van der Waals surface area contributed by atoms with Gasteiger partial charge in [-0.1, -0.05) is 18.2 Å². The maximum absolute atomic E-state index is 12.4. The number of methoxy groups -OCH3 is 1. The van der Waals surface area contributed by atoms with Crippen molar-refractivity contribution in [2.24, 2.45) is 0 Å². The third kappa shape index (κ3) is 5.47. The molecule has 0 aliphatic heterocycles. The normalized spacial score (nSPS) is 10.8. The number of carbonyl (C=O) groups is 1. The number of hydrogen-bond donors (Lipinski definition) is 1. The average Bonchev–Trinajstić information content (AvgIpc) is 2.62. The van der Waals surface area contributed by atoms with Gasteiger partial charge in [-0.3, -0.25) is 4.79 Å². The predicted octanol–water partition coefficient (Wildman–Crippen LogP) is 4.35. The fourth-order valence-corrected chi connectivity index (χ4v) is 2.18. The Morgan fingerprint density at radius 3 is 2.62 bits per heavy atom. The van der Waals surface area contributed by atoms with Crippen LogP contribution >= 0.6 is 0 Å². The molecule has 0 spiro atoms. The van der Waals surface area contributed by atoms with Crippen LogP contribution in [0.4, 0.5) is 14.5 Å². The molecular formula is C19H19F2NO4. The molecular weight excluding hydrogens is 344 g/mol. The lowest BCUT2D eigenvalue weighted by Gasteiger charge is -2.10. The Morgan fingerprint density at radius 1 is 1.15 bits per heavy atom. The molecule has 1 amide bonds. The van der Waals surface area contributed by atoms with Crippen molar-refractivity contribution in [3.05, 3.63) is 54.1 Å². The van der Waals surface area contributed by atoms with Crippen LogP contribution in [0.5, 0.6) is 17.2 Å². The van der Waals surface area contributed by atoms with Gasteiger partial charge in [-0.15, -0.1) is 0 Å². The molecule has 2 aromatic carbocycles. The molecule has 0 bridgehead atoms. The van der Waals surface area contributed by atoms with E-state index in [0.29, 0.717) is 18.1 Å². The van der Waals surface area contributed by atoms with Crippen molar-refractivity contribution < 1.29 is 27.8 Å². The van der Waals surface area contributed by atoms with Crippen LogP contribution < -0.4 is 19.5 Å². The summed E-state index contributed by atoms with van der Waals surface area (Å²) in [4.78, 5) is 12.1. The largest absolute Gasteiger partial charge is 0.493 e. The quantitative estimate of drug-likeness (QED) is 0.709. The van der Waals surface area contributed by atoms with Gasteiger partial charge >= 0.3 is 6.61 Å². The van der Waals surface area contributed by atoms with Crippen molar-refractivity contribution >= 4 is 17.7 Å². The van der Waals surface area contributed by atoms with Gasteiger partial charge in [-0.25, -0.2) is 0 Å². The molecule has 0 saturated carbocycles. The van der Waals surface area contributed by atoms with E-state index in [2.05, 4.69) is 10.1 Å². The van der Waals surface area contributed by atoms with Crippen LogP contribution in [0.2, 0.25) is 0 Å². The van der Waals surface area contributed by atoms with E-state index in [1.54, 1.807) is 37.5 Å². The van der Waals surface area contributed by atoms with Crippen LogP contribution in [0.25, 0.3) is 6.08 Å². The highest BCUT2D eigenvalue weighted by Gasteiger charge is 2.10. The van der Waals surface area contributed by atoms with Gasteiger partial charge in [0.25, 0.3) is 0 Å². The Kier molecular flexibility index (Phi) is 6.96. The number of halogens is 2. The Hall–Kier alpha value is -3.09. The first-order chi connectivity index (χ1) is 12.5. The summed E-state index contributed by atoms with van der Waals surface area (Å²) < 4.78 is 39.8. The summed E-state index contributed by atoms with van der Waals surface area (Å²) in [5.41, 5.74) is 0.883. The number of para-hydroxylation sites is 2. The van der Waals surface area contributed by atoms with Crippen LogP contribution in [-0.2, 0) is 4.79 Å². The minimum absolute atomic E-state index is 0.104. The van der Waals surface area contributed by atoms with E-state index < -0.39 is 12.5 Å². The summed E-state index contributed by atoms with van der Waals surface area (Å²) >= 11 is 0. The molecule has 0 unspecified atom stereocenters. The lowest BCUT2D eigenvalue weighted by Crippen LogP contribution is -2.11. The fraction of sp³-hybridized carbons (Fsp3) is 0.211. The number of carbonyl (C=O) groups excluding carboxylic acids is 1. The van der Waals surface area contributed by atoms with Crippen LogP contribution in [0.3, 0.4) is 0 Å². The Bertz CT molecular complexity index is 778. The van der Waals surface area contributed by atoms with Crippen molar-refractivity contribution in [3.8, 4) is 17.2 Å². The van der Waals surface area contributed by atoms with Crippen LogP contribution in [0.15, 0.2) is 48.5 Å². The standard InChI is InChI=1S/C19H19F2NO4/c1-3-25-17-12-13(8-10-16(17)24-2)9-11-18(23)22-14-6-4-5-7-15(14)26-19(20)21/h4-12,19H,3H2,1-2H3,(H,22,23)/b11-9+. The van der Waals surface area contributed by atoms with E-state index in [1.807, 2.05) is 6.92 Å². The zero-order valence-electron chi connectivity index (χ0n) is 14.4. The second-order valence-corrected chi connectivity index (χ2v) is 5.04. The van der Waals surface area contributed by atoms with Gasteiger partial charge < -0.3 is 19.5 Å². The third-order valence-electron chi connectivity index (χ3n) is 3.28. The topological polar surface area (TPSA) is 56.8 Å². The summed E-state index contributed by atoms with van der Waals surface area (Å²) in [7, 11) is 1.54. The first-order valence-corrected chi connectivity index (χ1v) is 7.87. The second kappa shape index (κ2) is 9.41. The molecule has 0 atom stereocenters. The number of amides is 1. The molecule has 0 heterocycles. The SMILES string of the molecule is CCOc1cc(/C=C/C(=O)Nc2ccccc2OC(F)F)ccc1OC. The predicted molar refractivity (Wildman–Crippen MR) is 94.9 cm³/mol. The molecule has 0 saturated heterocycles. The summed E-state index contributed by atoms with van der Waals surface area (Å²) in [6.45, 7) is -0.640. The van der Waals surface area contributed by atoms with Gasteiger partial charge in [0.05, 0.1) is 19.4 Å². The van der Waals surface area contributed by atoms with Crippen molar-refractivity contribution in [1.82, 2.24) is 0 Å². The minimum Gasteiger partial charge on any atom is -0.493 e.